The molecule has 18 heavy (non-hydrogen) atoms. The zero-order valence-electron chi connectivity index (χ0n) is 10.9. The van der Waals surface area contributed by atoms with Gasteiger partial charge < -0.3 is 10.2 Å². The Bertz CT molecular complexity index is 524. The summed E-state index contributed by atoms with van der Waals surface area (Å²) in [6.45, 7) is 2.55. The van der Waals surface area contributed by atoms with Crippen molar-refractivity contribution >= 4 is 11.5 Å². The molecule has 0 saturated heterocycles. The van der Waals surface area contributed by atoms with Gasteiger partial charge >= 0.3 is 0 Å². The standard InChI is InChI=1S/C13H17N5/c1-10-14-8-6-11(17-10)9-16-12-5-4-7-15-13(12)18(2)3/h4-8,16H,9H2,1-3H3. The van der Waals surface area contributed by atoms with Gasteiger partial charge in [0.25, 0.3) is 0 Å². The van der Waals surface area contributed by atoms with Gasteiger partial charge in [-0.3, -0.25) is 0 Å². The summed E-state index contributed by atoms with van der Waals surface area (Å²) in [6.07, 6.45) is 3.56. The minimum absolute atomic E-state index is 0.663. The second kappa shape index (κ2) is 5.44. The Kier molecular flexibility index (Phi) is 3.72. The average Bonchev–Trinajstić information content (AvgIpc) is 2.37. The molecule has 1 N–H and O–H groups in total. The molecule has 2 rings (SSSR count). The molecule has 0 radical (unpaired) electrons. The highest BCUT2D eigenvalue weighted by Crippen LogP contribution is 2.20. The maximum atomic E-state index is 4.36. The number of hydrogen-bond donors (Lipinski definition) is 1. The predicted octanol–water partition coefficient (Wildman–Crippen LogP) is 1.86. The van der Waals surface area contributed by atoms with Crippen LogP contribution in [0, 0.1) is 6.92 Å². The molecule has 0 fully saturated rings. The minimum atomic E-state index is 0.663. The van der Waals surface area contributed by atoms with E-state index in [4.69, 9.17) is 0 Å². The van der Waals surface area contributed by atoms with E-state index in [1.54, 1.807) is 12.4 Å². The maximum Gasteiger partial charge on any atom is 0.151 e. The van der Waals surface area contributed by atoms with Crippen LogP contribution in [0.1, 0.15) is 11.5 Å². The zero-order chi connectivity index (χ0) is 13.0. The van der Waals surface area contributed by atoms with E-state index in [2.05, 4.69) is 20.3 Å². The van der Waals surface area contributed by atoms with E-state index >= 15 is 0 Å². The Morgan fingerprint density at radius 3 is 2.72 bits per heavy atom. The Morgan fingerprint density at radius 2 is 2.00 bits per heavy atom. The number of pyridine rings is 1. The van der Waals surface area contributed by atoms with Gasteiger partial charge in [0.05, 0.1) is 17.9 Å². The molecule has 0 aliphatic rings. The Balaban J connectivity index is 2.11. The first-order chi connectivity index (χ1) is 8.66. The van der Waals surface area contributed by atoms with Gasteiger partial charge in [0, 0.05) is 26.5 Å². The highest BCUT2D eigenvalue weighted by atomic mass is 15.2. The zero-order valence-corrected chi connectivity index (χ0v) is 10.9. The fourth-order valence-electron chi connectivity index (χ4n) is 1.68. The average molecular weight is 243 g/mol. The lowest BCUT2D eigenvalue weighted by Crippen LogP contribution is -2.14. The second-order valence-electron chi connectivity index (χ2n) is 4.22. The molecule has 0 aliphatic carbocycles. The molecule has 2 aromatic rings. The van der Waals surface area contributed by atoms with Gasteiger partial charge in [0.2, 0.25) is 0 Å². The van der Waals surface area contributed by atoms with Crippen LogP contribution >= 0.6 is 0 Å². The van der Waals surface area contributed by atoms with E-state index in [-0.39, 0.29) is 0 Å². The summed E-state index contributed by atoms with van der Waals surface area (Å²) in [4.78, 5) is 14.8. The summed E-state index contributed by atoms with van der Waals surface area (Å²) in [5.74, 6) is 1.71. The molecule has 0 aromatic carbocycles. The quantitative estimate of drug-likeness (QED) is 0.888. The SMILES string of the molecule is Cc1nccc(CNc2cccnc2N(C)C)n1. The third kappa shape index (κ3) is 2.94. The lowest BCUT2D eigenvalue weighted by Gasteiger charge is -2.16. The summed E-state index contributed by atoms with van der Waals surface area (Å²) in [6, 6.07) is 5.84. The molecule has 5 heteroatoms. The van der Waals surface area contributed by atoms with Crippen molar-refractivity contribution in [2.45, 2.75) is 13.5 Å². The van der Waals surface area contributed by atoms with Gasteiger partial charge in [-0.2, -0.15) is 0 Å². The molecule has 2 heterocycles. The van der Waals surface area contributed by atoms with Crippen LogP contribution in [-0.2, 0) is 6.54 Å². The number of aromatic nitrogens is 3. The molecule has 0 atom stereocenters. The highest BCUT2D eigenvalue weighted by Gasteiger charge is 2.05. The molecule has 0 aliphatic heterocycles. The summed E-state index contributed by atoms with van der Waals surface area (Å²) in [7, 11) is 3.95. The smallest absolute Gasteiger partial charge is 0.151 e. The van der Waals surface area contributed by atoms with Crippen LogP contribution in [0.25, 0.3) is 0 Å². The van der Waals surface area contributed by atoms with Crippen molar-refractivity contribution < 1.29 is 0 Å². The van der Waals surface area contributed by atoms with E-state index < -0.39 is 0 Å². The molecule has 0 amide bonds. The number of aryl methyl sites for hydroxylation is 1. The van der Waals surface area contributed by atoms with Crippen molar-refractivity contribution in [1.82, 2.24) is 15.0 Å². The lowest BCUT2D eigenvalue weighted by atomic mass is 10.3. The van der Waals surface area contributed by atoms with Crippen LogP contribution in [0.5, 0.6) is 0 Å². The van der Waals surface area contributed by atoms with Gasteiger partial charge in [0.1, 0.15) is 5.82 Å². The topological polar surface area (TPSA) is 53.9 Å². The van der Waals surface area contributed by atoms with Gasteiger partial charge in [-0.15, -0.1) is 0 Å². The van der Waals surface area contributed by atoms with Crippen molar-refractivity contribution in [3.05, 3.63) is 42.1 Å². The lowest BCUT2D eigenvalue weighted by molar-refractivity contribution is 0.951. The molecule has 0 spiro atoms. The van der Waals surface area contributed by atoms with E-state index in [1.165, 1.54) is 0 Å². The van der Waals surface area contributed by atoms with Gasteiger partial charge in [0.15, 0.2) is 5.82 Å². The van der Waals surface area contributed by atoms with Crippen LogP contribution in [0.15, 0.2) is 30.6 Å². The van der Waals surface area contributed by atoms with Gasteiger partial charge in [-0.1, -0.05) is 0 Å². The van der Waals surface area contributed by atoms with Crippen LogP contribution in [0.2, 0.25) is 0 Å². The molecule has 0 bridgehead atoms. The Labute approximate surface area is 107 Å². The summed E-state index contributed by atoms with van der Waals surface area (Å²) in [5.41, 5.74) is 1.97. The van der Waals surface area contributed by atoms with E-state index in [0.717, 1.165) is 23.0 Å². The first-order valence-corrected chi connectivity index (χ1v) is 5.81. The summed E-state index contributed by atoms with van der Waals surface area (Å²) < 4.78 is 0. The molecule has 0 unspecified atom stereocenters. The normalized spacial score (nSPS) is 10.2. The van der Waals surface area contributed by atoms with Gasteiger partial charge in [-0.25, -0.2) is 15.0 Å². The monoisotopic (exact) mass is 243 g/mol. The second-order valence-corrected chi connectivity index (χ2v) is 4.22. The van der Waals surface area contributed by atoms with E-state index in [9.17, 15) is 0 Å². The van der Waals surface area contributed by atoms with Gasteiger partial charge in [-0.05, 0) is 25.1 Å². The van der Waals surface area contributed by atoms with Crippen molar-refractivity contribution in [2.75, 3.05) is 24.3 Å². The number of hydrogen-bond acceptors (Lipinski definition) is 5. The van der Waals surface area contributed by atoms with Crippen LogP contribution < -0.4 is 10.2 Å². The fourth-order valence-corrected chi connectivity index (χ4v) is 1.68. The van der Waals surface area contributed by atoms with Crippen molar-refractivity contribution in [3.63, 3.8) is 0 Å². The highest BCUT2D eigenvalue weighted by molar-refractivity contribution is 5.64. The Morgan fingerprint density at radius 1 is 1.17 bits per heavy atom. The third-order valence-electron chi connectivity index (χ3n) is 2.50. The molecule has 0 saturated carbocycles. The summed E-state index contributed by atoms with van der Waals surface area (Å²) in [5, 5.41) is 3.34. The molecule has 5 nitrogen and oxygen atoms in total. The van der Waals surface area contributed by atoms with E-state index in [1.807, 2.05) is 44.1 Å². The Hall–Kier alpha value is -2.17. The van der Waals surface area contributed by atoms with Crippen LogP contribution in [-0.4, -0.2) is 29.0 Å². The molecule has 94 valence electrons. The van der Waals surface area contributed by atoms with Crippen LogP contribution in [0.4, 0.5) is 11.5 Å². The maximum absolute atomic E-state index is 4.36. The number of anilines is 2. The largest absolute Gasteiger partial charge is 0.376 e. The van der Waals surface area contributed by atoms with Crippen LogP contribution in [0.3, 0.4) is 0 Å². The number of nitrogens with zero attached hydrogens (tertiary/aromatic N) is 4. The molecule has 2 aromatic heterocycles. The van der Waals surface area contributed by atoms with E-state index in [0.29, 0.717) is 6.54 Å². The summed E-state index contributed by atoms with van der Waals surface area (Å²) >= 11 is 0. The first-order valence-electron chi connectivity index (χ1n) is 5.81. The molecular weight excluding hydrogens is 226 g/mol. The van der Waals surface area contributed by atoms with Crippen molar-refractivity contribution in [1.29, 1.82) is 0 Å². The third-order valence-corrected chi connectivity index (χ3v) is 2.50. The minimum Gasteiger partial charge on any atom is -0.376 e. The first kappa shape index (κ1) is 12.3. The molecular formula is C13H17N5. The van der Waals surface area contributed by atoms with Crippen molar-refractivity contribution in [3.8, 4) is 0 Å². The number of nitrogens with one attached hydrogen (secondary N) is 1. The predicted molar refractivity (Wildman–Crippen MR) is 72.7 cm³/mol. The fraction of sp³-hybridized carbons (Fsp3) is 0.308. The number of rotatable bonds is 4. The van der Waals surface area contributed by atoms with Crippen molar-refractivity contribution in [2.24, 2.45) is 0 Å².